The van der Waals surface area contributed by atoms with Gasteiger partial charge in [-0.15, -0.1) is 0 Å². The Morgan fingerprint density at radius 3 is 2.32 bits per heavy atom. The molecule has 7 heteroatoms. The maximum absolute atomic E-state index is 13.2. The Bertz CT molecular complexity index is 998. The van der Waals surface area contributed by atoms with E-state index >= 15 is 0 Å². The first-order valence-electron chi connectivity index (χ1n) is 12.1. The van der Waals surface area contributed by atoms with E-state index in [0.29, 0.717) is 38.2 Å². The number of carbonyl (C=O) groups is 3. The third kappa shape index (κ3) is 5.65. The molecule has 2 aromatic carbocycles. The van der Waals surface area contributed by atoms with E-state index in [2.05, 4.69) is 5.32 Å². The zero-order chi connectivity index (χ0) is 24.1. The standard InChI is InChI=1S/C27H33N3O4/c1-19-17-29(18-20(2)34-19)27(33)23-13-11-21(12-14-23)16-28-26(32)25(22-8-4-3-5-9-22)30-15-7-6-10-24(30)31/h3-5,8-9,11-14,19-20,25H,6-7,10,15-18H2,1-2H3,(H,28,32). The molecule has 34 heavy (non-hydrogen) atoms. The summed E-state index contributed by atoms with van der Waals surface area (Å²) in [4.78, 5) is 42.2. The van der Waals surface area contributed by atoms with Gasteiger partial charge in [0.25, 0.3) is 5.91 Å². The number of piperidine rings is 1. The lowest BCUT2D eigenvalue weighted by Crippen LogP contribution is -2.48. The first-order chi connectivity index (χ1) is 16.4. The van der Waals surface area contributed by atoms with Crippen LogP contribution in [0.15, 0.2) is 54.6 Å². The number of hydrogen-bond donors (Lipinski definition) is 1. The van der Waals surface area contributed by atoms with Crippen LogP contribution in [0.1, 0.15) is 60.6 Å². The molecule has 3 atom stereocenters. The second-order valence-corrected chi connectivity index (χ2v) is 9.24. The molecule has 0 spiro atoms. The minimum absolute atomic E-state index is 0.00895. The summed E-state index contributed by atoms with van der Waals surface area (Å²) in [7, 11) is 0. The fourth-order valence-electron chi connectivity index (χ4n) is 4.79. The van der Waals surface area contributed by atoms with Crippen LogP contribution >= 0.6 is 0 Å². The van der Waals surface area contributed by atoms with Crippen LogP contribution in [0, 0.1) is 0 Å². The molecular formula is C27H33N3O4. The van der Waals surface area contributed by atoms with Crippen LogP contribution in [0.4, 0.5) is 0 Å². The van der Waals surface area contributed by atoms with Gasteiger partial charge in [-0.25, -0.2) is 0 Å². The van der Waals surface area contributed by atoms with E-state index in [4.69, 9.17) is 4.74 Å². The molecule has 3 unspecified atom stereocenters. The zero-order valence-corrected chi connectivity index (χ0v) is 19.9. The van der Waals surface area contributed by atoms with Crippen molar-refractivity contribution >= 4 is 17.7 Å². The molecule has 0 radical (unpaired) electrons. The highest BCUT2D eigenvalue weighted by Crippen LogP contribution is 2.26. The third-order valence-corrected chi connectivity index (χ3v) is 6.41. The van der Waals surface area contributed by atoms with Crippen molar-refractivity contribution in [3.05, 3.63) is 71.3 Å². The quantitative estimate of drug-likeness (QED) is 0.713. The predicted molar refractivity (Wildman–Crippen MR) is 129 cm³/mol. The van der Waals surface area contributed by atoms with Crippen molar-refractivity contribution in [3.8, 4) is 0 Å². The monoisotopic (exact) mass is 463 g/mol. The number of likely N-dealkylation sites (tertiary alicyclic amines) is 1. The summed E-state index contributed by atoms with van der Waals surface area (Å²) in [5.74, 6) is -0.187. The summed E-state index contributed by atoms with van der Waals surface area (Å²) in [5, 5.41) is 2.99. The molecule has 7 nitrogen and oxygen atoms in total. The molecule has 2 aliphatic rings. The fraction of sp³-hybridized carbons (Fsp3) is 0.444. The van der Waals surface area contributed by atoms with Crippen LogP contribution in [0.5, 0.6) is 0 Å². The molecule has 4 rings (SSSR count). The van der Waals surface area contributed by atoms with Gasteiger partial charge in [0.15, 0.2) is 0 Å². The van der Waals surface area contributed by atoms with Crippen molar-refractivity contribution < 1.29 is 19.1 Å². The van der Waals surface area contributed by atoms with Gasteiger partial charge in [-0.3, -0.25) is 14.4 Å². The van der Waals surface area contributed by atoms with Crippen molar-refractivity contribution in [2.24, 2.45) is 0 Å². The molecule has 3 amide bonds. The maximum atomic E-state index is 13.2. The van der Waals surface area contributed by atoms with Crippen LogP contribution in [-0.2, 0) is 20.9 Å². The molecule has 0 saturated carbocycles. The molecule has 2 heterocycles. The summed E-state index contributed by atoms with van der Waals surface area (Å²) in [5.41, 5.74) is 2.33. The van der Waals surface area contributed by atoms with Gasteiger partial charge in [0.2, 0.25) is 11.8 Å². The normalized spacial score (nSPS) is 21.8. The lowest BCUT2D eigenvalue weighted by atomic mass is 10.0. The minimum atomic E-state index is -0.639. The van der Waals surface area contributed by atoms with Gasteiger partial charge in [0, 0.05) is 38.2 Å². The lowest BCUT2D eigenvalue weighted by molar-refractivity contribution is -0.142. The van der Waals surface area contributed by atoms with E-state index in [1.807, 2.05) is 61.2 Å². The Morgan fingerprint density at radius 2 is 1.68 bits per heavy atom. The van der Waals surface area contributed by atoms with Crippen LogP contribution in [-0.4, -0.2) is 59.4 Å². The van der Waals surface area contributed by atoms with E-state index in [-0.39, 0.29) is 29.9 Å². The van der Waals surface area contributed by atoms with Crippen molar-refractivity contribution in [3.63, 3.8) is 0 Å². The van der Waals surface area contributed by atoms with E-state index < -0.39 is 6.04 Å². The molecule has 0 aliphatic carbocycles. The van der Waals surface area contributed by atoms with Crippen molar-refractivity contribution in [2.45, 2.75) is 57.9 Å². The molecule has 180 valence electrons. The summed E-state index contributed by atoms with van der Waals surface area (Å²) in [6.07, 6.45) is 2.29. The van der Waals surface area contributed by atoms with E-state index in [9.17, 15) is 14.4 Å². The Balaban J connectivity index is 1.41. The summed E-state index contributed by atoms with van der Waals surface area (Å²) in [6.45, 7) is 6.02. The van der Waals surface area contributed by atoms with Gasteiger partial charge < -0.3 is 19.9 Å². The second kappa shape index (κ2) is 10.8. The number of ether oxygens (including phenoxy) is 1. The zero-order valence-electron chi connectivity index (χ0n) is 19.9. The molecule has 2 aliphatic heterocycles. The molecular weight excluding hydrogens is 430 g/mol. The number of nitrogens with zero attached hydrogens (tertiary/aromatic N) is 2. The Labute approximate surface area is 201 Å². The minimum Gasteiger partial charge on any atom is -0.372 e. The number of amides is 3. The topological polar surface area (TPSA) is 79.0 Å². The SMILES string of the molecule is CC1CN(C(=O)c2ccc(CNC(=O)C(c3ccccc3)N3CCCCC3=O)cc2)CC(C)O1. The van der Waals surface area contributed by atoms with Gasteiger partial charge in [0.1, 0.15) is 6.04 Å². The van der Waals surface area contributed by atoms with Gasteiger partial charge in [-0.1, -0.05) is 42.5 Å². The number of benzene rings is 2. The second-order valence-electron chi connectivity index (χ2n) is 9.24. The molecule has 0 aromatic heterocycles. The van der Waals surface area contributed by atoms with Gasteiger partial charge in [-0.2, -0.15) is 0 Å². The average molecular weight is 464 g/mol. The average Bonchev–Trinajstić information content (AvgIpc) is 2.84. The lowest BCUT2D eigenvalue weighted by Gasteiger charge is -2.35. The van der Waals surface area contributed by atoms with E-state index in [1.165, 1.54) is 0 Å². The third-order valence-electron chi connectivity index (χ3n) is 6.41. The smallest absolute Gasteiger partial charge is 0.254 e. The highest BCUT2D eigenvalue weighted by atomic mass is 16.5. The number of rotatable bonds is 6. The van der Waals surface area contributed by atoms with Crippen LogP contribution in [0.3, 0.4) is 0 Å². The summed E-state index contributed by atoms with van der Waals surface area (Å²) < 4.78 is 5.72. The molecule has 2 aromatic rings. The summed E-state index contributed by atoms with van der Waals surface area (Å²) >= 11 is 0. The number of carbonyl (C=O) groups excluding carboxylic acids is 3. The Hall–Kier alpha value is -3.19. The van der Waals surface area contributed by atoms with Crippen molar-refractivity contribution in [1.29, 1.82) is 0 Å². The predicted octanol–water partition coefficient (Wildman–Crippen LogP) is 3.31. The van der Waals surface area contributed by atoms with Crippen LogP contribution in [0.25, 0.3) is 0 Å². The van der Waals surface area contributed by atoms with Gasteiger partial charge in [-0.05, 0) is 49.9 Å². The van der Waals surface area contributed by atoms with Gasteiger partial charge >= 0.3 is 0 Å². The Morgan fingerprint density at radius 1 is 1.00 bits per heavy atom. The number of morpholine rings is 1. The highest BCUT2D eigenvalue weighted by molar-refractivity contribution is 5.94. The first kappa shape index (κ1) is 24.0. The first-order valence-corrected chi connectivity index (χ1v) is 12.1. The molecule has 0 bridgehead atoms. The fourth-order valence-corrected chi connectivity index (χ4v) is 4.79. The Kier molecular flexibility index (Phi) is 7.63. The maximum Gasteiger partial charge on any atom is 0.254 e. The van der Waals surface area contributed by atoms with Crippen LogP contribution < -0.4 is 5.32 Å². The van der Waals surface area contributed by atoms with Crippen molar-refractivity contribution in [1.82, 2.24) is 15.1 Å². The van der Waals surface area contributed by atoms with Crippen molar-refractivity contribution in [2.75, 3.05) is 19.6 Å². The number of hydrogen-bond acceptors (Lipinski definition) is 4. The summed E-state index contributed by atoms with van der Waals surface area (Å²) in [6, 6.07) is 16.1. The van der Waals surface area contributed by atoms with E-state index in [1.54, 1.807) is 17.0 Å². The molecule has 2 saturated heterocycles. The van der Waals surface area contributed by atoms with E-state index in [0.717, 1.165) is 24.0 Å². The largest absolute Gasteiger partial charge is 0.372 e. The van der Waals surface area contributed by atoms with Gasteiger partial charge in [0.05, 0.1) is 12.2 Å². The highest BCUT2D eigenvalue weighted by Gasteiger charge is 2.32. The van der Waals surface area contributed by atoms with Crippen LogP contribution in [0.2, 0.25) is 0 Å². The molecule has 2 fully saturated rings. The number of nitrogens with one attached hydrogen (secondary N) is 1. The molecule has 1 N–H and O–H groups in total.